The highest BCUT2D eigenvalue weighted by atomic mass is 19.4. The lowest BCUT2D eigenvalue weighted by Crippen LogP contribution is -2.30. The van der Waals surface area contributed by atoms with Crippen LogP contribution in [0.25, 0.3) is 23.0 Å². The van der Waals surface area contributed by atoms with E-state index >= 15 is 0 Å². The van der Waals surface area contributed by atoms with E-state index in [-0.39, 0.29) is 5.91 Å². The molecule has 0 fully saturated rings. The van der Waals surface area contributed by atoms with Crippen LogP contribution >= 0.6 is 0 Å². The molecule has 1 aliphatic heterocycles. The van der Waals surface area contributed by atoms with E-state index in [0.29, 0.717) is 35.1 Å². The minimum absolute atomic E-state index is 0.109. The molecule has 154 valence electrons. The van der Waals surface area contributed by atoms with Gasteiger partial charge in [-0.1, -0.05) is 44.2 Å². The number of halogens is 3. The number of alkyl halides is 3. The van der Waals surface area contributed by atoms with Crippen molar-refractivity contribution in [2.75, 3.05) is 11.4 Å². The predicted octanol–water partition coefficient (Wildman–Crippen LogP) is 6.51. The molecule has 30 heavy (non-hydrogen) atoms. The van der Waals surface area contributed by atoms with E-state index in [9.17, 15) is 18.0 Å². The first kappa shape index (κ1) is 20.0. The number of para-hydroxylation sites is 1. The van der Waals surface area contributed by atoms with Crippen LogP contribution in [-0.4, -0.2) is 12.5 Å². The second kappa shape index (κ2) is 7.52. The molecule has 2 aromatic carbocycles. The first-order chi connectivity index (χ1) is 14.2. The first-order valence-electron chi connectivity index (χ1n) is 9.64. The van der Waals surface area contributed by atoms with Gasteiger partial charge in [0.05, 0.1) is 16.8 Å². The lowest BCUT2D eigenvalue weighted by Gasteiger charge is -2.19. The molecule has 0 radical (unpaired) electrons. The van der Waals surface area contributed by atoms with Crippen molar-refractivity contribution < 1.29 is 22.4 Å². The van der Waals surface area contributed by atoms with Crippen LogP contribution in [0.2, 0.25) is 0 Å². The summed E-state index contributed by atoms with van der Waals surface area (Å²) >= 11 is 0. The molecule has 0 bridgehead atoms. The highest BCUT2D eigenvalue weighted by molar-refractivity contribution is 6.35. The van der Waals surface area contributed by atoms with Crippen molar-refractivity contribution in [3.05, 3.63) is 77.6 Å². The Morgan fingerprint density at radius 2 is 1.80 bits per heavy atom. The fraction of sp³-hybridized carbons (Fsp3) is 0.208. The van der Waals surface area contributed by atoms with Crippen LogP contribution in [0.3, 0.4) is 0 Å². The zero-order chi connectivity index (χ0) is 21.5. The van der Waals surface area contributed by atoms with E-state index in [1.165, 1.54) is 6.07 Å². The van der Waals surface area contributed by atoms with Crippen molar-refractivity contribution in [3.63, 3.8) is 0 Å². The van der Waals surface area contributed by atoms with Gasteiger partial charge in [-0.2, -0.15) is 13.2 Å². The van der Waals surface area contributed by atoms with Crippen molar-refractivity contribution in [3.8, 4) is 11.3 Å². The van der Waals surface area contributed by atoms with E-state index in [4.69, 9.17) is 4.42 Å². The van der Waals surface area contributed by atoms with Crippen molar-refractivity contribution in [2.24, 2.45) is 5.92 Å². The highest BCUT2D eigenvalue weighted by Gasteiger charge is 2.33. The van der Waals surface area contributed by atoms with Crippen molar-refractivity contribution in [1.29, 1.82) is 0 Å². The molecule has 0 N–H and O–H groups in total. The SMILES string of the molecule is CC(C)CN1C(=O)/C(=C\c2ccc(-c3cccc(C(F)(F)F)c3)o2)c2ccccc21. The number of hydrogen-bond donors (Lipinski definition) is 0. The van der Waals surface area contributed by atoms with Gasteiger partial charge in [0.25, 0.3) is 5.91 Å². The number of anilines is 1. The number of hydrogen-bond acceptors (Lipinski definition) is 2. The third-order valence-electron chi connectivity index (χ3n) is 4.90. The fourth-order valence-electron chi connectivity index (χ4n) is 3.57. The molecule has 2 heterocycles. The molecule has 0 saturated heterocycles. The Labute approximate surface area is 172 Å². The normalized spacial score (nSPS) is 15.3. The smallest absolute Gasteiger partial charge is 0.416 e. The minimum Gasteiger partial charge on any atom is -0.457 e. The van der Waals surface area contributed by atoms with Gasteiger partial charge in [-0.05, 0) is 42.3 Å². The molecule has 3 nitrogen and oxygen atoms in total. The van der Waals surface area contributed by atoms with Crippen LogP contribution in [0.5, 0.6) is 0 Å². The summed E-state index contributed by atoms with van der Waals surface area (Å²) < 4.78 is 44.7. The third kappa shape index (κ3) is 3.77. The summed E-state index contributed by atoms with van der Waals surface area (Å²) in [6, 6.07) is 15.8. The van der Waals surface area contributed by atoms with E-state index in [0.717, 1.165) is 23.4 Å². The number of rotatable bonds is 4. The van der Waals surface area contributed by atoms with E-state index in [1.54, 1.807) is 29.2 Å². The molecule has 0 saturated carbocycles. The van der Waals surface area contributed by atoms with Crippen LogP contribution < -0.4 is 4.90 Å². The van der Waals surface area contributed by atoms with Crippen molar-refractivity contribution >= 4 is 23.2 Å². The summed E-state index contributed by atoms with van der Waals surface area (Å²) in [6.45, 7) is 4.69. The van der Waals surface area contributed by atoms with Crippen LogP contribution in [0.1, 0.15) is 30.7 Å². The highest BCUT2D eigenvalue weighted by Crippen LogP contribution is 2.39. The molecule has 1 amide bonds. The molecular weight excluding hydrogens is 391 g/mol. The number of furan rings is 1. The van der Waals surface area contributed by atoms with Gasteiger partial charge in [0.1, 0.15) is 11.5 Å². The van der Waals surface area contributed by atoms with Gasteiger partial charge < -0.3 is 9.32 Å². The Kier molecular flexibility index (Phi) is 5.02. The second-order valence-corrected chi connectivity index (χ2v) is 7.67. The predicted molar refractivity (Wildman–Crippen MR) is 111 cm³/mol. The number of carbonyl (C=O) groups excluding carboxylic acids is 1. The average molecular weight is 411 g/mol. The molecule has 1 aromatic heterocycles. The summed E-state index contributed by atoms with van der Waals surface area (Å²) in [5.74, 6) is 0.914. The lowest BCUT2D eigenvalue weighted by atomic mass is 10.1. The Morgan fingerprint density at radius 3 is 2.53 bits per heavy atom. The average Bonchev–Trinajstić information content (AvgIpc) is 3.27. The van der Waals surface area contributed by atoms with Gasteiger partial charge in [0.2, 0.25) is 0 Å². The van der Waals surface area contributed by atoms with E-state index in [1.807, 2.05) is 38.1 Å². The quantitative estimate of drug-likeness (QED) is 0.459. The zero-order valence-electron chi connectivity index (χ0n) is 16.5. The molecule has 0 spiro atoms. The summed E-state index contributed by atoms with van der Waals surface area (Å²) in [5, 5.41) is 0. The molecule has 3 aromatic rings. The Bertz CT molecular complexity index is 1130. The van der Waals surface area contributed by atoms with Crippen LogP contribution in [0.4, 0.5) is 18.9 Å². The molecule has 1 aliphatic rings. The first-order valence-corrected chi connectivity index (χ1v) is 9.64. The van der Waals surface area contributed by atoms with E-state index < -0.39 is 11.7 Å². The van der Waals surface area contributed by atoms with Gasteiger partial charge in [0, 0.05) is 17.7 Å². The van der Waals surface area contributed by atoms with E-state index in [2.05, 4.69) is 0 Å². The summed E-state index contributed by atoms with van der Waals surface area (Å²) in [7, 11) is 0. The van der Waals surface area contributed by atoms with Crippen LogP contribution in [0.15, 0.2) is 65.1 Å². The molecule has 0 atom stereocenters. The standard InChI is InChI=1S/C24H20F3NO2/c1-15(2)14-28-21-9-4-3-8-19(21)20(23(28)29)13-18-10-11-22(30-18)16-6-5-7-17(12-16)24(25,26)27/h3-13,15H,14H2,1-2H3/b20-13-. The lowest BCUT2D eigenvalue weighted by molar-refractivity contribution is -0.137. The molecule has 6 heteroatoms. The number of fused-ring (bicyclic) bond motifs is 1. The maximum atomic E-state index is 13.0. The monoisotopic (exact) mass is 411 g/mol. The largest absolute Gasteiger partial charge is 0.457 e. The Morgan fingerprint density at radius 1 is 1.03 bits per heavy atom. The maximum Gasteiger partial charge on any atom is 0.416 e. The Hall–Kier alpha value is -3.28. The molecule has 0 aliphatic carbocycles. The maximum absolute atomic E-state index is 13.0. The topological polar surface area (TPSA) is 33.5 Å². The van der Waals surface area contributed by atoms with Gasteiger partial charge >= 0.3 is 6.18 Å². The number of amides is 1. The van der Waals surface area contributed by atoms with Gasteiger partial charge in [-0.25, -0.2) is 0 Å². The van der Waals surface area contributed by atoms with Gasteiger partial charge in [-0.3, -0.25) is 4.79 Å². The summed E-state index contributed by atoms with van der Waals surface area (Å²) in [5.41, 5.74) is 1.78. The molecule has 4 rings (SSSR count). The fourth-order valence-corrected chi connectivity index (χ4v) is 3.57. The summed E-state index contributed by atoms with van der Waals surface area (Å²) in [4.78, 5) is 14.8. The Balaban J connectivity index is 1.69. The minimum atomic E-state index is -4.42. The number of benzene rings is 2. The van der Waals surface area contributed by atoms with Gasteiger partial charge in [0.15, 0.2) is 0 Å². The zero-order valence-corrected chi connectivity index (χ0v) is 16.5. The number of nitrogens with zero attached hydrogens (tertiary/aromatic N) is 1. The van der Waals surface area contributed by atoms with Gasteiger partial charge in [-0.15, -0.1) is 0 Å². The summed E-state index contributed by atoms with van der Waals surface area (Å²) in [6.07, 6.45) is -2.77. The van der Waals surface area contributed by atoms with Crippen molar-refractivity contribution in [1.82, 2.24) is 0 Å². The molecule has 0 unspecified atom stereocenters. The third-order valence-corrected chi connectivity index (χ3v) is 4.90. The van der Waals surface area contributed by atoms with Crippen LogP contribution in [-0.2, 0) is 11.0 Å². The van der Waals surface area contributed by atoms with Crippen molar-refractivity contribution in [2.45, 2.75) is 20.0 Å². The molecular formula is C24H20F3NO2. The number of carbonyl (C=O) groups is 1. The second-order valence-electron chi connectivity index (χ2n) is 7.67. The van der Waals surface area contributed by atoms with Crippen LogP contribution in [0, 0.1) is 5.92 Å².